The van der Waals surface area contributed by atoms with Crippen LogP contribution in [0.2, 0.25) is 0 Å². The Kier molecular flexibility index (Phi) is 5.80. The summed E-state index contributed by atoms with van der Waals surface area (Å²) in [4.78, 5) is 9.35. The van der Waals surface area contributed by atoms with Crippen molar-refractivity contribution in [2.75, 3.05) is 33.8 Å². The standard InChI is InChI=1S/C16H27N3O/c1-14-6-4-5-9-19(14)11-10-18(2)13-15-12-16(20-3)7-8-17-15/h7-8,12,14H,4-6,9-11,13H2,1-3H3. The SMILES string of the molecule is COc1ccnc(CN(C)CCN2CCCCC2C)c1. The summed E-state index contributed by atoms with van der Waals surface area (Å²) in [7, 11) is 3.86. The smallest absolute Gasteiger partial charge is 0.122 e. The summed E-state index contributed by atoms with van der Waals surface area (Å²) in [6.45, 7) is 6.72. The van der Waals surface area contributed by atoms with Gasteiger partial charge in [-0.3, -0.25) is 14.8 Å². The zero-order chi connectivity index (χ0) is 14.4. The highest BCUT2D eigenvalue weighted by atomic mass is 16.5. The Morgan fingerprint density at radius 1 is 1.45 bits per heavy atom. The van der Waals surface area contributed by atoms with Gasteiger partial charge < -0.3 is 4.74 Å². The molecule has 1 aliphatic heterocycles. The third kappa shape index (κ3) is 4.46. The van der Waals surface area contributed by atoms with Crippen molar-refractivity contribution in [2.45, 2.75) is 38.8 Å². The van der Waals surface area contributed by atoms with E-state index in [1.54, 1.807) is 7.11 Å². The first kappa shape index (κ1) is 15.3. The van der Waals surface area contributed by atoms with Gasteiger partial charge in [0.25, 0.3) is 0 Å². The third-order valence-electron chi connectivity index (χ3n) is 4.17. The Hall–Kier alpha value is -1.13. The van der Waals surface area contributed by atoms with Crippen molar-refractivity contribution in [3.05, 3.63) is 24.0 Å². The number of aromatic nitrogens is 1. The maximum Gasteiger partial charge on any atom is 0.122 e. The Bertz CT molecular complexity index is 410. The molecule has 4 nitrogen and oxygen atoms in total. The lowest BCUT2D eigenvalue weighted by atomic mass is 10.0. The molecule has 1 aromatic rings. The minimum Gasteiger partial charge on any atom is -0.497 e. The minimum atomic E-state index is 0.743. The van der Waals surface area contributed by atoms with Gasteiger partial charge in [0.1, 0.15) is 5.75 Å². The number of hydrogen-bond acceptors (Lipinski definition) is 4. The van der Waals surface area contributed by atoms with Gasteiger partial charge in [0, 0.05) is 37.9 Å². The molecule has 112 valence electrons. The quantitative estimate of drug-likeness (QED) is 0.798. The summed E-state index contributed by atoms with van der Waals surface area (Å²) >= 11 is 0. The molecule has 0 spiro atoms. The van der Waals surface area contributed by atoms with E-state index in [9.17, 15) is 0 Å². The van der Waals surface area contributed by atoms with E-state index in [2.05, 4.69) is 28.8 Å². The monoisotopic (exact) mass is 277 g/mol. The van der Waals surface area contributed by atoms with Crippen LogP contribution in [0.25, 0.3) is 0 Å². The molecule has 1 fully saturated rings. The van der Waals surface area contributed by atoms with Crippen LogP contribution in [0.3, 0.4) is 0 Å². The van der Waals surface area contributed by atoms with Crippen LogP contribution in [0.15, 0.2) is 18.3 Å². The molecule has 1 aromatic heterocycles. The summed E-state index contributed by atoms with van der Waals surface area (Å²) in [6, 6.07) is 4.64. The average Bonchev–Trinajstić information content (AvgIpc) is 2.46. The van der Waals surface area contributed by atoms with Crippen LogP contribution < -0.4 is 4.74 Å². The number of nitrogens with zero attached hydrogens (tertiary/aromatic N) is 3. The van der Waals surface area contributed by atoms with E-state index in [1.807, 2.05) is 18.3 Å². The van der Waals surface area contributed by atoms with E-state index in [0.717, 1.165) is 37.1 Å². The molecule has 1 unspecified atom stereocenters. The Labute approximate surface area is 122 Å². The van der Waals surface area contributed by atoms with Gasteiger partial charge in [-0.05, 0) is 39.4 Å². The first-order chi connectivity index (χ1) is 9.69. The number of likely N-dealkylation sites (N-methyl/N-ethyl adjacent to an activating group) is 1. The molecule has 0 amide bonds. The number of likely N-dealkylation sites (tertiary alicyclic amines) is 1. The van der Waals surface area contributed by atoms with Crippen molar-refractivity contribution < 1.29 is 4.74 Å². The Morgan fingerprint density at radius 2 is 2.30 bits per heavy atom. The second-order valence-corrected chi connectivity index (χ2v) is 5.81. The molecule has 0 aromatic carbocycles. The van der Waals surface area contributed by atoms with Gasteiger partial charge in [0.05, 0.1) is 12.8 Å². The van der Waals surface area contributed by atoms with Crippen molar-refractivity contribution in [3.63, 3.8) is 0 Å². The maximum absolute atomic E-state index is 5.24. The van der Waals surface area contributed by atoms with Gasteiger partial charge >= 0.3 is 0 Å². The van der Waals surface area contributed by atoms with Crippen LogP contribution in [0.4, 0.5) is 0 Å². The Morgan fingerprint density at radius 3 is 3.05 bits per heavy atom. The van der Waals surface area contributed by atoms with Gasteiger partial charge in [-0.1, -0.05) is 6.42 Å². The second-order valence-electron chi connectivity index (χ2n) is 5.81. The van der Waals surface area contributed by atoms with Crippen LogP contribution in [-0.2, 0) is 6.54 Å². The van der Waals surface area contributed by atoms with E-state index < -0.39 is 0 Å². The van der Waals surface area contributed by atoms with Crippen molar-refractivity contribution in [2.24, 2.45) is 0 Å². The highest BCUT2D eigenvalue weighted by Gasteiger charge is 2.17. The highest BCUT2D eigenvalue weighted by Crippen LogP contribution is 2.16. The zero-order valence-electron chi connectivity index (χ0n) is 13.0. The van der Waals surface area contributed by atoms with E-state index in [0.29, 0.717) is 0 Å². The minimum absolute atomic E-state index is 0.743. The molecular weight excluding hydrogens is 250 g/mol. The maximum atomic E-state index is 5.24. The molecular formula is C16H27N3O. The average molecular weight is 277 g/mol. The molecule has 2 rings (SSSR count). The van der Waals surface area contributed by atoms with Crippen LogP contribution in [0.5, 0.6) is 5.75 Å². The van der Waals surface area contributed by atoms with Crippen molar-refractivity contribution in [3.8, 4) is 5.75 Å². The molecule has 0 saturated carbocycles. The number of piperidine rings is 1. The normalized spacial score (nSPS) is 20.3. The summed E-state index contributed by atoms with van der Waals surface area (Å²) in [5.74, 6) is 0.882. The van der Waals surface area contributed by atoms with E-state index in [-0.39, 0.29) is 0 Å². The Balaban J connectivity index is 1.78. The fraction of sp³-hybridized carbons (Fsp3) is 0.688. The van der Waals surface area contributed by atoms with Crippen LogP contribution in [-0.4, -0.2) is 54.6 Å². The van der Waals surface area contributed by atoms with Gasteiger partial charge in [-0.25, -0.2) is 0 Å². The summed E-state index contributed by atoms with van der Waals surface area (Å²) in [6.07, 6.45) is 5.91. The number of rotatable bonds is 6. The molecule has 1 aliphatic rings. The molecule has 1 saturated heterocycles. The molecule has 0 N–H and O–H groups in total. The van der Waals surface area contributed by atoms with Crippen molar-refractivity contribution >= 4 is 0 Å². The first-order valence-corrected chi connectivity index (χ1v) is 7.60. The number of hydrogen-bond donors (Lipinski definition) is 0. The lowest BCUT2D eigenvalue weighted by Gasteiger charge is -2.34. The van der Waals surface area contributed by atoms with E-state index >= 15 is 0 Å². The van der Waals surface area contributed by atoms with E-state index in [1.165, 1.54) is 25.8 Å². The van der Waals surface area contributed by atoms with Crippen molar-refractivity contribution in [1.82, 2.24) is 14.8 Å². The second kappa shape index (κ2) is 7.60. The zero-order valence-corrected chi connectivity index (χ0v) is 13.0. The number of pyridine rings is 1. The fourth-order valence-corrected chi connectivity index (χ4v) is 2.81. The number of methoxy groups -OCH3 is 1. The van der Waals surface area contributed by atoms with Crippen LogP contribution >= 0.6 is 0 Å². The summed E-state index contributed by atoms with van der Waals surface area (Å²) < 4.78 is 5.24. The van der Waals surface area contributed by atoms with Crippen molar-refractivity contribution in [1.29, 1.82) is 0 Å². The largest absolute Gasteiger partial charge is 0.497 e. The lowest BCUT2D eigenvalue weighted by Crippen LogP contribution is -2.41. The van der Waals surface area contributed by atoms with E-state index in [4.69, 9.17) is 4.74 Å². The predicted octanol–water partition coefficient (Wildman–Crippen LogP) is 2.40. The molecule has 2 heterocycles. The topological polar surface area (TPSA) is 28.6 Å². The van der Waals surface area contributed by atoms with Gasteiger partial charge in [-0.2, -0.15) is 0 Å². The van der Waals surface area contributed by atoms with Crippen LogP contribution in [0.1, 0.15) is 31.9 Å². The molecule has 0 aliphatic carbocycles. The first-order valence-electron chi connectivity index (χ1n) is 7.60. The molecule has 1 atom stereocenters. The van der Waals surface area contributed by atoms with Gasteiger partial charge in [-0.15, -0.1) is 0 Å². The fourth-order valence-electron chi connectivity index (χ4n) is 2.81. The molecule has 4 heteroatoms. The third-order valence-corrected chi connectivity index (χ3v) is 4.17. The molecule has 20 heavy (non-hydrogen) atoms. The summed E-state index contributed by atoms with van der Waals surface area (Å²) in [5.41, 5.74) is 1.07. The highest BCUT2D eigenvalue weighted by molar-refractivity contribution is 5.22. The molecule has 0 radical (unpaired) electrons. The molecule has 0 bridgehead atoms. The van der Waals surface area contributed by atoms with Gasteiger partial charge in [0.2, 0.25) is 0 Å². The van der Waals surface area contributed by atoms with Gasteiger partial charge in [0.15, 0.2) is 0 Å². The lowest BCUT2D eigenvalue weighted by molar-refractivity contribution is 0.140. The predicted molar refractivity (Wildman–Crippen MR) is 82.0 cm³/mol. The number of ether oxygens (including phenoxy) is 1. The summed E-state index contributed by atoms with van der Waals surface area (Å²) in [5, 5.41) is 0. The van der Waals surface area contributed by atoms with Crippen LogP contribution in [0, 0.1) is 0 Å².